The highest BCUT2D eigenvalue weighted by Gasteiger charge is 2.09. The van der Waals surface area contributed by atoms with Crippen molar-refractivity contribution in [3.63, 3.8) is 0 Å². The molecule has 0 aliphatic carbocycles. The van der Waals surface area contributed by atoms with Gasteiger partial charge in [-0.1, -0.05) is 31.6 Å². The van der Waals surface area contributed by atoms with Crippen molar-refractivity contribution in [1.82, 2.24) is 0 Å². The lowest BCUT2D eigenvalue weighted by atomic mass is 10.1. The van der Waals surface area contributed by atoms with Gasteiger partial charge in [0.1, 0.15) is 10.8 Å². The number of hydrogen-bond acceptors (Lipinski definition) is 2. The molecule has 0 saturated heterocycles. The second-order valence-corrected chi connectivity index (χ2v) is 3.75. The van der Waals surface area contributed by atoms with E-state index in [0.29, 0.717) is 11.3 Å². The number of halogens is 1. The molecular weight excluding hydrogens is 211 g/mol. The van der Waals surface area contributed by atoms with Gasteiger partial charge in [0.05, 0.1) is 5.56 Å². The van der Waals surface area contributed by atoms with Crippen molar-refractivity contribution in [2.24, 2.45) is 5.73 Å². The highest BCUT2D eigenvalue weighted by Crippen LogP contribution is 2.18. The lowest BCUT2D eigenvalue weighted by Gasteiger charge is -2.11. The van der Waals surface area contributed by atoms with Crippen LogP contribution in [-0.4, -0.2) is 11.5 Å². The summed E-state index contributed by atoms with van der Waals surface area (Å²) in [6, 6.07) is 4.79. The van der Waals surface area contributed by atoms with Crippen LogP contribution in [-0.2, 0) is 0 Å². The molecule has 0 heterocycles. The summed E-state index contributed by atoms with van der Waals surface area (Å²) in [4.78, 5) is 0.0899. The van der Waals surface area contributed by atoms with Gasteiger partial charge in [-0.2, -0.15) is 0 Å². The molecule has 0 unspecified atom stereocenters. The van der Waals surface area contributed by atoms with Gasteiger partial charge < -0.3 is 11.1 Å². The molecule has 0 atom stereocenters. The predicted octanol–water partition coefficient (Wildman–Crippen LogP) is 2.67. The lowest BCUT2D eigenvalue weighted by Crippen LogP contribution is -2.15. The molecule has 0 aliphatic heterocycles. The lowest BCUT2D eigenvalue weighted by molar-refractivity contribution is 0.626. The van der Waals surface area contributed by atoms with Crippen LogP contribution in [0.5, 0.6) is 0 Å². The second kappa shape index (κ2) is 5.66. The fraction of sp³-hybridized carbons (Fsp3) is 0.364. The number of hydrogen-bond donors (Lipinski definition) is 2. The van der Waals surface area contributed by atoms with E-state index in [1.807, 2.05) is 0 Å². The Balaban J connectivity index is 2.86. The molecule has 0 radical (unpaired) electrons. The molecule has 1 rings (SSSR count). The van der Waals surface area contributed by atoms with Gasteiger partial charge >= 0.3 is 0 Å². The third-order valence-corrected chi connectivity index (χ3v) is 2.31. The summed E-state index contributed by atoms with van der Waals surface area (Å²) in [5, 5.41) is 3.13. The Labute approximate surface area is 94.7 Å². The third kappa shape index (κ3) is 3.16. The molecule has 0 aliphatic rings. The zero-order valence-electron chi connectivity index (χ0n) is 8.72. The summed E-state index contributed by atoms with van der Waals surface area (Å²) < 4.78 is 13.4. The molecule has 4 heteroatoms. The van der Waals surface area contributed by atoms with E-state index in [2.05, 4.69) is 12.2 Å². The summed E-state index contributed by atoms with van der Waals surface area (Å²) in [5.41, 5.74) is 6.46. The Bertz CT molecular complexity index is 352. The van der Waals surface area contributed by atoms with Crippen molar-refractivity contribution in [1.29, 1.82) is 0 Å². The van der Waals surface area contributed by atoms with E-state index in [1.54, 1.807) is 12.1 Å². The summed E-state index contributed by atoms with van der Waals surface area (Å²) in [5.74, 6) is -0.371. The summed E-state index contributed by atoms with van der Waals surface area (Å²) in [7, 11) is 0. The summed E-state index contributed by atoms with van der Waals surface area (Å²) in [6.45, 7) is 2.90. The standard InChI is InChI=1S/C11H15FN2S/c1-2-3-7-14-9-6-4-5-8(12)10(9)11(13)15/h4-6,14H,2-3,7H2,1H3,(H2,13,15). The van der Waals surface area contributed by atoms with Crippen LogP contribution >= 0.6 is 12.2 Å². The Hall–Kier alpha value is -1.16. The van der Waals surface area contributed by atoms with E-state index < -0.39 is 0 Å². The summed E-state index contributed by atoms with van der Waals surface area (Å²) >= 11 is 4.81. The molecule has 82 valence electrons. The average Bonchev–Trinajstić information content (AvgIpc) is 2.17. The molecule has 1 aromatic carbocycles. The average molecular weight is 226 g/mol. The van der Waals surface area contributed by atoms with Crippen molar-refractivity contribution in [2.75, 3.05) is 11.9 Å². The normalized spacial score (nSPS) is 10.0. The van der Waals surface area contributed by atoms with E-state index in [1.165, 1.54) is 6.07 Å². The molecule has 0 fully saturated rings. The number of nitrogens with two attached hydrogens (primary N) is 1. The number of anilines is 1. The van der Waals surface area contributed by atoms with Crippen LogP contribution in [0, 0.1) is 5.82 Å². The minimum atomic E-state index is -0.371. The maximum absolute atomic E-state index is 13.4. The second-order valence-electron chi connectivity index (χ2n) is 3.31. The van der Waals surface area contributed by atoms with Crippen LogP contribution < -0.4 is 11.1 Å². The molecule has 0 spiro atoms. The van der Waals surface area contributed by atoms with Crippen molar-refractivity contribution in [3.8, 4) is 0 Å². The van der Waals surface area contributed by atoms with Gasteiger partial charge in [-0.3, -0.25) is 0 Å². The Kier molecular flexibility index (Phi) is 4.49. The van der Waals surface area contributed by atoms with Crippen molar-refractivity contribution < 1.29 is 4.39 Å². The van der Waals surface area contributed by atoms with E-state index in [-0.39, 0.29) is 10.8 Å². The first-order valence-corrected chi connectivity index (χ1v) is 5.39. The quantitative estimate of drug-likeness (QED) is 0.599. The molecule has 15 heavy (non-hydrogen) atoms. The van der Waals surface area contributed by atoms with Crippen molar-refractivity contribution in [3.05, 3.63) is 29.6 Å². The van der Waals surface area contributed by atoms with E-state index in [4.69, 9.17) is 18.0 Å². The van der Waals surface area contributed by atoms with Crippen LogP contribution in [0.3, 0.4) is 0 Å². The zero-order valence-corrected chi connectivity index (χ0v) is 9.53. The van der Waals surface area contributed by atoms with Crippen molar-refractivity contribution in [2.45, 2.75) is 19.8 Å². The molecular formula is C11H15FN2S. The molecule has 0 aromatic heterocycles. The molecule has 0 amide bonds. The fourth-order valence-electron chi connectivity index (χ4n) is 1.32. The molecule has 1 aromatic rings. The Morgan fingerprint density at radius 1 is 1.53 bits per heavy atom. The first kappa shape index (κ1) is 11.9. The Morgan fingerprint density at radius 3 is 2.87 bits per heavy atom. The zero-order chi connectivity index (χ0) is 11.3. The smallest absolute Gasteiger partial charge is 0.135 e. The van der Waals surface area contributed by atoms with Crippen LogP contribution in [0.1, 0.15) is 25.3 Å². The number of rotatable bonds is 5. The van der Waals surface area contributed by atoms with Gasteiger partial charge in [0.15, 0.2) is 0 Å². The highest BCUT2D eigenvalue weighted by molar-refractivity contribution is 7.80. The third-order valence-electron chi connectivity index (χ3n) is 2.11. The number of thiocarbonyl (C=S) groups is 1. The van der Waals surface area contributed by atoms with Gasteiger partial charge in [-0.15, -0.1) is 0 Å². The van der Waals surface area contributed by atoms with Gasteiger partial charge in [-0.05, 0) is 18.6 Å². The van der Waals surface area contributed by atoms with Crippen LogP contribution in [0.25, 0.3) is 0 Å². The number of benzene rings is 1. The first-order chi connectivity index (χ1) is 7.16. The molecule has 0 bridgehead atoms. The van der Waals surface area contributed by atoms with E-state index >= 15 is 0 Å². The minimum Gasteiger partial charge on any atom is -0.389 e. The Morgan fingerprint density at radius 2 is 2.27 bits per heavy atom. The monoisotopic (exact) mass is 226 g/mol. The highest BCUT2D eigenvalue weighted by atomic mass is 32.1. The fourth-order valence-corrected chi connectivity index (χ4v) is 1.53. The van der Waals surface area contributed by atoms with Crippen molar-refractivity contribution >= 4 is 22.9 Å². The van der Waals surface area contributed by atoms with Gasteiger partial charge in [0.25, 0.3) is 0 Å². The maximum Gasteiger partial charge on any atom is 0.135 e. The largest absolute Gasteiger partial charge is 0.389 e. The minimum absolute atomic E-state index is 0.0899. The predicted molar refractivity (Wildman–Crippen MR) is 65.7 cm³/mol. The number of nitrogens with one attached hydrogen (secondary N) is 1. The number of unbranched alkanes of at least 4 members (excludes halogenated alkanes) is 1. The van der Waals surface area contributed by atoms with Crippen LogP contribution in [0.2, 0.25) is 0 Å². The molecule has 3 N–H and O–H groups in total. The van der Waals surface area contributed by atoms with E-state index in [9.17, 15) is 4.39 Å². The topological polar surface area (TPSA) is 38.0 Å². The summed E-state index contributed by atoms with van der Waals surface area (Å²) in [6.07, 6.45) is 2.12. The molecule has 2 nitrogen and oxygen atoms in total. The van der Waals surface area contributed by atoms with E-state index in [0.717, 1.165) is 19.4 Å². The van der Waals surface area contributed by atoms with Crippen LogP contribution in [0.4, 0.5) is 10.1 Å². The first-order valence-electron chi connectivity index (χ1n) is 4.99. The van der Waals surface area contributed by atoms with Gasteiger partial charge in [0.2, 0.25) is 0 Å². The van der Waals surface area contributed by atoms with Gasteiger partial charge in [-0.25, -0.2) is 4.39 Å². The molecule has 0 saturated carbocycles. The van der Waals surface area contributed by atoms with Crippen LogP contribution in [0.15, 0.2) is 18.2 Å². The maximum atomic E-state index is 13.4. The van der Waals surface area contributed by atoms with Gasteiger partial charge in [0, 0.05) is 12.2 Å². The SMILES string of the molecule is CCCCNc1cccc(F)c1C(N)=S.